The number of aryl methyl sites for hydroxylation is 2. The first-order chi connectivity index (χ1) is 11.9. The molecule has 2 aromatic rings. The Morgan fingerprint density at radius 1 is 1.28 bits per heavy atom. The minimum atomic E-state index is -3.76. The number of hydrogen-bond acceptors (Lipinski definition) is 5. The molecule has 5 nitrogen and oxygen atoms in total. The molecule has 0 unspecified atom stereocenters. The summed E-state index contributed by atoms with van der Waals surface area (Å²) in [5.74, 6) is -0.0977. The van der Waals surface area contributed by atoms with Crippen LogP contribution in [0.25, 0.3) is 0 Å². The van der Waals surface area contributed by atoms with Gasteiger partial charge in [0.2, 0.25) is 0 Å². The Morgan fingerprint density at radius 2 is 1.96 bits per heavy atom. The first-order valence-corrected chi connectivity index (χ1v) is 10.4. The third kappa shape index (κ3) is 3.52. The molecule has 0 fully saturated rings. The maximum atomic E-state index is 13.1. The van der Waals surface area contributed by atoms with Gasteiger partial charge in [0.05, 0.1) is 17.1 Å². The molecule has 0 aliphatic heterocycles. The van der Waals surface area contributed by atoms with Crippen LogP contribution in [0.3, 0.4) is 0 Å². The number of anilines is 1. The second-order valence-electron chi connectivity index (χ2n) is 5.98. The zero-order chi connectivity index (χ0) is 18.0. The van der Waals surface area contributed by atoms with Gasteiger partial charge in [-0.1, -0.05) is 18.2 Å². The fourth-order valence-electron chi connectivity index (χ4n) is 2.83. The summed E-state index contributed by atoms with van der Waals surface area (Å²) in [7, 11) is -3.76. The third-order valence-electron chi connectivity index (χ3n) is 4.19. The number of carbonyl (C=O) groups is 1. The van der Waals surface area contributed by atoms with E-state index in [-0.39, 0.29) is 17.2 Å². The number of thiazole rings is 1. The van der Waals surface area contributed by atoms with E-state index < -0.39 is 10.0 Å². The molecule has 0 saturated heterocycles. The quantitative estimate of drug-likeness (QED) is 0.571. The Hall–Kier alpha value is -1.99. The average Bonchev–Trinajstić information content (AvgIpc) is 3.03. The van der Waals surface area contributed by atoms with Gasteiger partial charge in [-0.2, -0.15) is 0 Å². The highest BCUT2D eigenvalue weighted by Crippen LogP contribution is 2.34. The van der Waals surface area contributed by atoms with E-state index in [1.165, 1.54) is 51.7 Å². The largest absolute Gasteiger partial charge is 0.295 e. The maximum absolute atomic E-state index is 13.1. The number of ketones is 1. The van der Waals surface area contributed by atoms with E-state index in [1.807, 2.05) is 0 Å². The molecule has 1 aliphatic carbocycles. The van der Waals surface area contributed by atoms with E-state index in [0.29, 0.717) is 10.7 Å². The fourth-order valence-corrected chi connectivity index (χ4v) is 5.58. The van der Waals surface area contributed by atoms with Crippen molar-refractivity contribution in [2.45, 2.75) is 37.5 Å². The highest BCUT2D eigenvalue weighted by Gasteiger charge is 2.28. The summed E-state index contributed by atoms with van der Waals surface area (Å²) in [5.41, 5.74) is 1.50. The monoisotopic (exact) mass is 376 g/mol. The van der Waals surface area contributed by atoms with Gasteiger partial charge in [0, 0.05) is 10.4 Å². The fraction of sp³-hybridized carbons (Fsp3) is 0.333. The Kier molecular flexibility index (Phi) is 5.06. The number of rotatable bonds is 6. The molecule has 1 aromatic carbocycles. The van der Waals surface area contributed by atoms with E-state index in [0.717, 1.165) is 31.4 Å². The van der Waals surface area contributed by atoms with Gasteiger partial charge in [0.1, 0.15) is 0 Å². The standard InChI is InChI=1S/C18H20N2O3S2/c1-3-12-20(18-19-16-6-4-5-7-17(16)24-18)25(22,23)15-10-8-14(9-11-15)13(2)21/h3,8-11H,1,4-7,12H2,2H3. The zero-order valence-electron chi connectivity index (χ0n) is 14.1. The molecule has 1 aromatic heterocycles. The van der Waals surface area contributed by atoms with Crippen molar-refractivity contribution in [3.05, 3.63) is 53.1 Å². The van der Waals surface area contributed by atoms with Gasteiger partial charge in [-0.05, 0) is 44.7 Å². The van der Waals surface area contributed by atoms with E-state index >= 15 is 0 Å². The second-order valence-corrected chi connectivity index (χ2v) is 8.90. The predicted octanol–water partition coefficient (Wildman–Crippen LogP) is 3.61. The smallest absolute Gasteiger partial charge is 0.266 e. The molecule has 0 radical (unpaired) electrons. The summed E-state index contributed by atoms with van der Waals surface area (Å²) in [6.45, 7) is 5.29. The summed E-state index contributed by atoms with van der Waals surface area (Å²) in [6.07, 6.45) is 5.64. The van der Waals surface area contributed by atoms with E-state index in [2.05, 4.69) is 11.6 Å². The van der Waals surface area contributed by atoms with Crippen molar-refractivity contribution in [1.29, 1.82) is 0 Å². The van der Waals surface area contributed by atoms with Crippen molar-refractivity contribution >= 4 is 32.3 Å². The predicted molar refractivity (Wildman–Crippen MR) is 99.9 cm³/mol. The van der Waals surface area contributed by atoms with Crippen LogP contribution in [0.5, 0.6) is 0 Å². The second kappa shape index (κ2) is 7.09. The minimum absolute atomic E-state index is 0.0977. The van der Waals surface area contributed by atoms with Gasteiger partial charge in [0.25, 0.3) is 10.0 Å². The number of carbonyl (C=O) groups excluding carboxylic acids is 1. The van der Waals surface area contributed by atoms with Gasteiger partial charge in [0.15, 0.2) is 10.9 Å². The first kappa shape index (κ1) is 17.8. The molecule has 1 heterocycles. The summed E-state index contributed by atoms with van der Waals surface area (Å²) < 4.78 is 27.5. The molecule has 0 bridgehead atoms. The van der Waals surface area contributed by atoms with Crippen molar-refractivity contribution in [2.75, 3.05) is 10.8 Å². The minimum Gasteiger partial charge on any atom is -0.295 e. The topological polar surface area (TPSA) is 67.3 Å². The number of fused-ring (bicyclic) bond motifs is 1. The lowest BCUT2D eigenvalue weighted by atomic mass is 10.0. The lowest BCUT2D eigenvalue weighted by Crippen LogP contribution is -2.31. The molecule has 0 atom stereocenters. The van der Waals surface area contributed by atoms with Crippen molar-refractivity contribution in [3.8, 4) is 0 Å². The molecular formula is C18H20N2O3S2. The Bertz CT molecular complexity index is 875. The van der Waals surface area contributed by atoms with Crippen molar-refractivity contribution in [1.82, 2.24) is 4.98 Å². The molecule has 1 aliphatic rings. The van der Waals surface area contributed by atoms with Crippen LogP contribution in [-0.2, 0) is 22.9 Å². The molecule has 132 valence electrons. The van der Waals surface area contributed by atoms with Gasteiger partial charge < -0.3 is 0 Å². The number of benzene rings is 1. The third-order valence-corrected chi connectivity index (χ3v) is 7.26. The van der Waals surface area contributed by atoms with Crippen molar-refractivity contribution in [3.63, 3.8) is 0 Å². The van der Waals surface area contributed by atoms with E-state index in [4.69, 9.17) is 0 Å². The number of sulfonamides is 1. The van der Waals surface area contributed by atoms with E-state index in [1.54, 1.807) is 6.08 Å². The van der Waals surface area contributed by atoms with Crippen LogP contribution in [-0.4, -0.2) is 25.7 Å². The number of nitrogens with zero attached hydrogens (tertiary/aromatic N) is 2. The molecule has 0 amide bonds. The van der Waals surface area contributed by atoms with Gasteiger partial charge in [-0.25, -0.2) is 17.7 Å². The molecule has 0 saturated carbocycles. The molecule has 7 heteroatoms. The molecule has 3 rings (SSSR count). The van der Waals surface area contributed by atoms with Gasteiger partial charge in [-0.3, -0.25) is 4.79 Å². The first-order valence-electron chi connectivity index (χ1n) is 8.16. The SMILES string of the molecule is C=CCN(c1nc2c(s1)CCCC2)S(=O)(=O)c1ccc(C(C)=O)cc1. The van der Waals surface area contributed by atoms with Crippen LogP contribution in [0, 0.1) is 0 Å². The highest BCUT2D eigenvalue weighted by atomic mass is 32.2. The Labute approximate surface area is 152 Å². The Morgan fingerprint density at radius 3 is 2.56 bits per heavy atom. The lowest BCUT2D eigenvalue weighted by Gasteiger charge is -2.20. The number of Topliss-reactive ketones (excluding diaryl/α,β-unsaturated/α-hetero) is 1. The molecule has 25 heavy (non-hydrogen) atoms. The van der Waals surface area contributed by atoms with Crippen LogP contribution in [0.1, 0.15) is 40.7 Å². The lowest BCUT2D eigenvalue weighted by molar-refractivity contribution is 0.101. The zero-order valence-corrected chi connectivity index (χ0v) is 15.7. The van der Waals surface area contributed by atoms with Crippen LogP contribution in [0.15, 0.2) is 41.8 Å². The normalized spacial score (nSPS) is 14.0. The van der Waals surface area contributed by atoms with Crippen LogP contribution < -0.4 is 4.31 Å². The average molecular weight is 377 g/mol. The van der Waals surface area contributed by atoms with Gasteiger partial charge in [-0.15, -0.1) is 17.9 Å². The van der Waals surface area contributed by atoms with Crippen molar-refractivity contribution < 1.29 is 13.2 Å². The summed E-state index contributed by atoms with van der Waals surface area (Å²) in [6, 6.07) is 6.01. The Balaban J connectivity index is 1.99. The highest BCUT2D eigenvalue weighted by molar-refractivity contribution is 7.93. The van der Waals surface area contributed by atoms with E-state index in [9.17, 15) is 13.2 Å². The van der Waals surface area contributed by atoms with Crippen LogP contribution in [0.2, 0.25) is 0 Å². The molecular weight excluding hydrogens is 356 g/mol. The van der Waals surface area contributed by atoms with Crippen molar-refractivity contribution in [2.24, 2.45) is 0 Å². The summed E-state index contributed by atoms with van der Waals surface area (Å²) >= 11 is 1.45. The van der Waals surface area contributed by atoms with Crippen LogP contribution >= 0.6 is 11.3 Å². The molecule has 0 spiro atoms. The number of aromatic nitrogens is 1. The van der Waals surface area contributed by atoms with Gasteiger partial charge >= 0.3 is 0 Å². The summed E-state index contributed by atoms with van der Waals surface area (Å²) in [4.78, 5) is 17.3. The molecule has 0 N–H and O–H groups in total. The summed E-state index contributed by atoms with van der Waals surface area (Å²) in [5, 5.41) is 0.488. The number of hydrogen-bond donors (Lipinski definition) is 0. The van der Waals surface area contributed by atoms with Crippen LogP contribution in [0.4, 0.5) is 5.13 Å². The maximum Gasteiger partial charge on any atom is 0.266 e.